The zero-order valence-electron chi connectivity index (χ0n) is 14.5. The van der Waals surface area contributed by atoms with Gasteiger partial charge < -0.3 is 14.8 Å². The number of hydrogen-bond donors (Lipinski definition) is 1. The third-order valence-corrected chi connectivity index (χ3v) is 4.44. The average molecular weight is 318 g/mol. The minimum Gasteiger partial charge on any atom is -0.493 e. The molecule has 2 fully saturated rings. The van der Waals surface area contributed by atoms with Gasteiger partial charge in [0.05, 0.1) is 19.3 Å². The Kier molecular flexibility index (Phi) is 5.92. The van der Waals surface area contributed by atoms with E-state index < -0.39 is 0 Å². The third kappa shape index (κ3) is 5.48. The molecule has 1 atom stereocenters. The van der Waals surface area contributed by atoms with Gasteiger partial charge in [-0.25, -0.2) is 0 Å². The molecule has 1 aliphatic carbocycles. The normalized spacial score (nSPS) is 22.5. The third-order valence-electron chi connectivity index (χ3n) is 4.44. The van der Waals surface area contributed by atoms with Gasteiger partial charge in [0.1, 0.15) is 5.75 Å². The summed E-state index contributed by atoms with van der Waals surface area (Å²) >= 11 is 0. The van der Waals surface area contributed by atoms with Gasteiger partial charge in [0.25, 0.3) is 0 Å². The lowest BCUT2D eigenvalue weighted by molar-refractivity contribution is -0.0301. The summed E-state index contributed by atoms with van der Waals surface area (Å²) in [5, 5.41) is 3.53. The van der Waals surface area contributed by atoms with Gasteiger partial charge in [-0.3, -0.25) is 4.90 Å². The molecule has 1 N–H and O–H groups in total. The van der Waals surface area contributed by atoms with E-state index in [2.05, 4.69) is 48.3 Å². The van der Waals surface area contributed by atoms with Crippen LogP contribution in [0.15, 0.2) is 24.3 Å². The predicted octanol–water partition coefficient (Wildman–Crippen LogP) is 2.67. The fraction of sp³-hybridized carbons (Fsp3) is 0.684. The van der Waals surface area contributed by atoms with Crippen molar-refractivity contribution < 1.29 is 9.47 Å². The van der Waals surface area contributed by atoms with Crippen molar-refractivity contribution in [2.45, 2.75) is 45.4 Å². The van der Waals surface area contributed by atoms with Gasteiger partial charge in [-0.05, 0) is 36.5 Å². The van der Waals surface area contributed by atoms with Gasteiger partial charge in [-0.1, -0.05) is 26.0 Å². The van der Waals surface area contributed by atoms with Gasteiger partial charge in [-0.15, -0.1) is 0 Å². The van der Waals surface area contributed by atoms with Gasteiger partial charge in [-0.2, -0.15) is 0 Å². The maximum atomic E-state index is 5.87. The summed E-state index contributed by atoms with van der Waals surface area (Å²) < 4.78 is 11.6. The van der Waals surface area contributed by atoms with Crippen LogP contribution in [-0.4, -0.2) is 49.9 Å². The first-order valence-electron chi connectivity index (χ1n) is 8.99. The molecule has 0 bridgehead atoms. The molecule has 1 unspecified atom stereocenters. The lowest BCUT2D eigenvalue weighted by atomic mass is 10.2. The molecule has 0 aromatic heterocycles. The number of benzene rings is 1. The van der Waals surface area contributed by atoms with Gasteiger partial charge in [0.15, 0.2) is 0 Å². The molecular weight excluding hydrogens is 288 g/mol. The fourth-order valence-corrected chi connectivity index (χ4v) is 2.98. The van der Waals surface area contributed by atoms with E-state index >= 15 is 0 Å². The second-order valence-electron chi connectivity index (χ2n) is 7.20. The van der Waals surface area contributed by atoms with Crippen LogP contribution in [0.25, 0.3) is 0 Å². The summed E-state index contributed by atoms with van der Waals surface area (Å²) in [6.45, 7) is 9.98. The van der Waals surface area contributed by atoms with Crippen molar-refractivity contribution >= 4 is 0 Å². The minimum atomic E-state index is 0.331. The second kappa shape index (κ2) is 8.13. The summed E-state index contributed by atoms with van der Waals surface area (Å²) in [7, 11) is 0. The summed E-state index contributed by atoms with van der Waals surface area (Å²) in [5.41, 5.74) is 1.29. The number of morpholine rings is 1. The number of rotatable bonds is 8. The van der Waals surface area contributed by atoms with E-state index in [9.17, 15) is 0 Å². The van der Waals surface area contributed by atoms with Crippen LogP contribution in [0.2, 0.25) is 0 Å². The predicted molar refractivity (Wildman–Crippen MR) is 92.8 cm³/mol. The van der Waals surface area contributed by atoms with E-state index in [4.69, 9.17) is 9.47 Å². The first-order valence-corrected chi connectivity index (χ1v) is 8.99. The van der Waals surface area contributed by atoms with Crippen molar-refractivity contribution in [3.63, 3.8) is 0 Å². The van der Waals surface area contributed by atoms with Crippen LogP contribution in [0.1, 0.15) is 32.3 Å². The molecule has 23 heavy (non-hydrogen) atoms. The summed E-state index contributed by atoms with van der Waals surface area (Å²) in [4.78, 5) is 2.59. The SMILES string of the molecule is CC(C)COc1ccc(CNCC2CN(C3CC3)CCO2)cc1. The monoisotopic (exact) mass is 318 g/mol. The molecule has 0 spiro atoms. The van der Waals surface area contributed by atoms with Crippen LogP contribution in [0.5, 0.6) is 5.75 Å². The van der Waals surface area contributed by atoms with E-state index in [-0.39, 0.29) is 0 Å². The molecule has 1 aromatic rings. The Labute approximate surface area is 140 Å². The van der Waals surface area contributed by atoms with Crippen molar-refractivity contribution in [3.05, 3.63) is 29.8 Å². The number of nitrogens with one attached hydrogen (secondary N) is 1. The average Bonchev–Trinajstić information content (AvgIpc) is 3.39. The lowest BCUT2D eigenvalue weighted by Gasteiger charge is -2.33. The van der Waals surface area contributed by atoms with E-state index in [1.165, 1.54) is 18.4 Å². The molecule has 1 saturated carbocycles. The Morgan fingerprint density at radius 3 is 2.74 bits per heavy atom. The number of hydrogen-bond acceptors (Lipinski definition) is 4. The van der Waals surface area contributed by atoms with Crippen LogP contribution in [-0.2, 0) is 11.3 Å². The smallest absolute Gasteiger partial charge is 0.119 e. The highest BCUT2D eigenvalue weighted by Crippen LogP contribution is 2.28. The van der Waals surface area contributed by atoms with Crippen LogP contribution >= 0.6 is 0 Å². The molecule has 4 heteroatoms. The maximum absolute atomic E-state index is 5.87. The van der Waals surface area contributed by atoms with Crippen molar-refractivity contribution in [2.24, 2.45) is 5.92 Å². The molecule has 3 rings (SSSR count). The zero-order valence-corrected chi connectivity index (χ0v) is 14.5. The molecule has 4 nitrogen and oxygen atoms in total. The highest BCUT2D eigenvalue weighted by molar-refractivity contribution is 5.27. The van der Waals surface area contributed by atoms with Crippen molar-refractivity contribution in [1.29, 1.82) is 0 Å². The molecule has 0 amide bonds. The van der Waals surface area contributed by atoms with Crippen molar-refractivity contribution in [3.8, 4) is 5.75 Å². The molecule has 1 aromatic carbocycles. The summed E-state index contributed by atoms with van der Waals surface area (Å²) in [6.07, 6.45) is 3.09. The minimum absolute atomic E-state index is 0.331. The fourth-order valence-electron chi connectivity index (χ4n) is 2.98. The molecule has 1 heterocycles. The summed E-state index contributed by atoms with van der Waals surface area (Å²) in [5.74, 6) is 1.51. The standard InChI is InChI=1S/C19H30N2O2/c1-15(2)14-23-18-7-3-16(4-8-18)11-20-12-19-13-21(9-10-22-19)17-5-6-17/h3-4,7-8,15,17,19-20H,5-6,9-14H2,1-2H3. The van der Waals surface area contributed by atoms with E-state index in [0.29, 0.717) is 12.0 Å². The Hall–Kier alpha value is -1.10. The lowest BCUT2D eigenvalue weighted by Crippen LogP contribution is -2.47. The highest BCUT2D eigenvalue weighted by Gasteiger charge is 2.32. The maximum Gasteiger partial charge on any atom is 0.119 e. The molecule has 0 radical (unpaired) electrons. The highest BCUT2D eigenvalue weighted by atomic mass is 16.5. The molecule has 1 saturated heterocycles. The van der Waals surface area contributed by atoms with Gasteiger partial charge >= 0.3 is 0 Å². The molecule has 2 aliphatic rings. The van der Waals surface area contributed by atoms with Crippen LogP contribution in [0.3, 0.4) is 0 Å². The molecular formula is C19H30N2O2. The first kappa shape index (κ1) is 16.7. The topological polar surface area (TPSA) is 33.7 Å². The Morgan fingerprint density at radius 2 is 2.04 bits per heavy atom. The van der Waals surface area contributed by atoms with E-state index in [0.717, 1.165) is 51.2 Å². The molecule has 128 valence electrons. The summed E-state index contributed by atoms with van der Waals surface area (Å²) in [6, 6.07) is 9.25. The number of nitrogens with zero attached hydrogens (tertiary/aromatic N) is 1. The van der Waals surface area contributed by atoms with Crippen LogP contribution in [0, 0.1) is 5.92 Å². The largest absolute Gasteiger partial charge is 0.493 e. The first-order chi connectivity index (χ1) is 11.2. The van der Waals surface area contributed by atoms with Crippen molar-refractivity contribution in [1.82, 2.24) is 10.2 Å². The number of ether oxygens (including phenoxy) is 2. The van der Waals surface area contributed by atoms with Gasteiger partial charge in [0, 0.05) is 32.2 Å². The Morgan fingerprint density at radius 1 is 1.26 bits per heavy atom. The Balaban J connectivity index is 1.36. The van der Waals surface area contributed by atoms with Crippen molar-refractivity contribution in [2.75, 3.05) is 32.8 Å². The molecule has 1 aliphatic heterocycles. The Bertz CT molecular complexity index is 471. The van der Waals surface area contributed by atoms with E-state index in [1.807, 2.05) is 0 Å². The second-order valence-corrected chi connectivity index (χ2v) is 7.20. The van der Waals surface area contributed by atoms with Crippen LogP contribution in [0.4, 0.5) is 0 Å². The zero-order chi connectivity index (χ0) is 16.1. The van der Waals surface area contributed by atoms with Crippen LogP contribution < -0.4 is 10.1 Å². The van der Waals surface area contributed by atoms with E-state index in [1.54, 1.807) is 0 Å². The van der Waals surface area contributed by atoms with Gasteiger partial charge in [0.2, 0.25) is 0 Å². The quantitative estimate of drug-likeness (QED) is 0.799.